The summed E-state index contributed by atoms with van der Waals surface area (Å²) in [6, 6.07) is 13.0. The summed E-state index contributed by atoms with van der Waals surface area (Å²) in [5, 5.41) is 13.3. The van der Waals surface area contributed by atoms with Crippen molar-refractivity contribution in [3.8, 4) is 0 Å². The van der Waals surface area contributed by atoms with Crippen LogP contribution in [0, 0.1) is 13.8 Å². The molecule has 0 saturated heterocycles. The Kier molecular flexibility index (Phi) is 5.58. The molecule has 0 heterocycles. The summed E-state index contributed by atoms with van der Waals surface area (Å²) in [5.74, 6) is -0.214. The summed E-state index contributed by atoms with van der Waals surface area (Å²) in [7, 11) is 0. The Bertz CT molecular complexity index is 656. The molecule has 116 valence electrons. The van der Waals surface area contributed by atoms with Gasteiger partial charge in [0.25, 0.3) is 5.91 Å². The summed E-state index contributed by atoms with van der Waals surface area (Å²) in [6.07, 6.45) is -0.130. The van der Waals surface area contributed by atoms with Crippen LogP contribution in [0.2, 0.25) is 5.02 Å². The monoisotopic (exact) mass is 317 g/mol. The Morgan fingerprint density at radius 2 is 1.82 bits per heavy atom. The second-order valence-electron chi connectivity index (χ2n) is 5.39. The van der Waals surface area contributed by atoms with Crippen LogP contribution in [0.3, 0.4) is 0 Å². The SMILES string of the molecule is Cc1cc(Cl)c(C(=O)NCCC(O)c2ccccc2)cc1C. The lowest BCUT2D eigenvalue weighted by molar-refractivity contribution is 0.0942. The van der Waals surface area contributed by atoms with Crippen molar-refractivity contribution in [2.75, 3.05) is 6.54 Å². The van der Waals surface area contributed by atoms with E-state index in [-0.39, 0.29) is 5.91 Å². The zero-order chi connectivity index (χ0) is 16.1. The van der Waals surface area contributed by atoms with Crippen LogP contribution in [0.25, 0.3) is 0 Å². The quantitative estimate of drug-likeness (QED) is 0.881. The zero-order valence-corrected chi connectivity index (χ0v) is 13.5. The van der Waals surface area contributed by atoms with Gasteiger partial charge in [0, 0.05) is 6.54 Å². The van der Waals surface area contributed by atoms with Gasteiger partial charge in [-0.05, 0) is 49.1 Å². The lowest BCUT2D eigenvalue weighted by Gasteiger charge is -2.13. The Morgan fingerprint density at radius 1 is 1.18 bits per heavy atom. The van der Waals surface area contributed by atoms with Gasteiger partial charge >= 0.3 is 0 Å². The first-order chi connectivity index (χ1) is 10.5. The molecule has 1 amide bonds. The fourth-order valence-electron chi connectivity index (χ4n) is 2.21. The maximum Gasteiger partial charge on any atom is 0.252 e. The number of benzene rings is 2. The molecule has 2 aromatic rings. The second-order valence-corrected chi connectivity index (χ2v) is 5.79. The van der Waals surface area contributed by atoms with Crippen LogP contribution < -0.4 is 5.32 Å². The minimum atomic E-state index is -0.586. The van der Waals surface area contributed by atoms with Crippen LogP contribution in [0.5, 0.6) is 0 Å². The third-order valence-corrected chi connectivity index (χ3v) is 4.03. The number of aliphatic hydroxyl groups is 1. The molecule has 0 radical (unpaired) electrons. The van der Waals surface area contributed by atoms with E-state index in [0.717, 1.165) is 16.7 Å². The molecular formula is C18H20ClNO2. The number of rotatable bonds is 5. The number of halogens is 1. The van der Waals surface area contributed by atoms with Crippen molar-refractivity contribution in [3.63, 3.8) is 0 Å². The summed E-state index contributed by atoms with van der Waals surface area (Å²) >= 11 is 6.12. The maximum atomic E-state index is 12.2. The average Bonchev–Trinajstić information content (AvgIpc) is 2.51. The van der Waals surface area contributed by atoms with E-state index in [1.54, 1.807) is 12.1 Å². The van der Waals surface area contributed by atoms with Gasteiger partial charge in [0.15, 0.2) is 0 Å². The van der Waals surface area contributed by atoms with Crippen LogP contribution in [-0.4, -0.2) is 17.6 Å². The summed E-state index contributed by atoms with van der Waals surface area (Å²) in [4.78, 5) is 12.2. The number of nitrogens with one attached hydrogen (secondary N) is 1. The van der Waals surface area contributed by atoms with Crippen LogP contribution in [-0.2, 0) is 0 Å². The first kappa shape index (κ1) is 16.5. The maximum absolute atomic E-state index is 12.2. The molecule has 4 heteroatoms. The first-order valence-corrected chi connectivity index (χ1v) is 7.65. The molecule has 2 aromatic carbocycles. The van der Waals surface area contributed by atoms with E-state index >= 15 is 0 Å². The molecule has 0 aliphatic heterocycles. The van der Waals surface area contributed by atoms with Crippen molar-refractivity contribution in [2.45, 2.75) is 26.4 Å². The second kappa shape index (κ2) is 7.43. The Balaban J connectivity index is 1.92. The number of amides is 1. The summed E-state index contributed by atoms with van der Waals surface area (Å²) < 4.78 is 0. The molecular weight excluding hydrogens is 298 g/mol. The topological polar surface area (TPSA) is 49.3 Å². The van der Waals surface area contributed by atoms with Crippen molar-refractivity contribution in [1.82, 2.24) is 5.32 Å². The Hall–Kier alpha value is -1.84. The highest BCUT2D eigenvalue weighted by molar-refractivity contribution is 6.34. The minimum Gasteiger partial charge on any atom is -0.388 e. The van der Waals surface area contributed by atoms with Gasteiger partial charge in [-0.1, -0.05) is 41.9 Å². The number of aliphatic hydroxyl groups excluding tert-OH is 1. The van der Waals surface area contributed by atoms with Crippen LogP contribution in [0.15, 0.2) is 42.5 Å². The van der Waals surface area contributed by atoms with E-state index in [2.05, 4.69) is 5.32 Å². The number of carbonyl (C=O) groups is 1. The van der Waals surface area contributed by atoms with Crippen molar-refractivity contribution in [1.29, 1.82) is 0 Å². The van der Waals surface area contributed by atoms with Gasteiger partial charge in [-0.3, -0.25) is 4.79 Å². The molecule has 0 fully saturated rings. The molecule has 22 heavy (non-hydrogen) atoms. The molecule has 0 spiro atoms. The standard InChI is InChI=1S/C18H20ClNO2/c1-12-10-15(16(19)11-13(12)2)18(22)20-9-8-17(21)14-6-4-3-5-7-14/h3-7,10-11,17,21H,8-9H2,1-2H3,(H,20,22). The smallest absolute Gasteiger partial charge is 0.252 e. The lowest BCUT2D eigenvalue weighted by atomic mass is 10.1. The van der Waals surface area contributed by atoms with E-state index in [9.17, 15) is 9.90 Å². The van der Waals surface area contributed by atoms with Crippen molar-refractivity contribution in [2.24, 2.45) is 0 Å². The third kappa shape index (κ3) is 4.09. The molecule has 0 aromatic heterocycles. The van der Waals surface area contributed by atoms with E-state index in [4.69, 9.17) is 11.6 Å². The lowest BCUT2D eigenvalue weighted by Crippen LogP contribution is -2.26. The molecule has 0 aliphatic carbocycles. The molecule has 2 N–H and O–H groups in total. The van der Waals surface area contributed by atoms with Crippen molar-refractivity contribution >= 4 is 17.5 Å². The van der Waals surface area contributed by atoms with E-state index in [0.29, 0.717) is 23.6 Å². The highest BCUT2D eigenvalue weighted by Gasteiger charge is 2.13. The summed E-state index contributed by atoms with van der Waals surface area (Å²) in [6.45, 7) is 4.29. The highest BCUT2D eigenvalue weighted by atomic mass is 35.5. The van der Waals surface area contributed by atoms with Crippen LogP contribution in [0.1, 0.15) is 39.6 Å². The van der Waals surface area contributed by atoms with Gasteiger partial charge in [-0.25, -0.2) is 0 Å². The van der Waals surface area contributed by atoms with Gasteiger partial charge < -0.3 is 10.4 Å². The molecule has 0 saturated carbocycles. The molecule has 2 rings (SSSR count). The fourth-order valence-corrected chi connectivity index (χ4v) is 2.52. The largest absolute Gasteiger partial charge is 0.388 e. The number of hydrogen-bond donors (Lipinski definition) is 2. The molecule has 0 bridgehead atoms. The Labute approximate surface area is 135 Å². The van der Waals surface area contributed by atoms with Crippen molar-refractivity contribution < 1.29 is 9.90 Å². The molecule has 0 aliphatic rings. The van der Waals surface area contributed by atoms with Crippen LogP contribution >= 0.6 is 11.6 Å². The zero-order valence-electron chi connectivity index (χ0n) is 12.8. The fraction of sp³-hybridized carbons (Fsp3) is 0.278. The Morgan fingerprint density at radius 3 is 2.50 bits per heavy atom. The van der Waals surface area contributed by atoms with Gasteiger partial charge in [-0.15, -0.1) is 0 Å². The minimum absolute atomic E-state index is 0.214. The van der Waals surface area contributed by atoms with E-state index in [1.807, 2.05) is 44.2 Å². The average molecular weight is 318 g/mol. The predicted octanol–water partition coefficient (Wildman–Crippen LogP) is 3.81. The van der Waals surface area contributed by atoms with Crippen LogP contribution in [0.4, 0.5) is 0 Å². The van der Waals surface area contributed by atoms with Gasteiger partial charge in [-0.2, -0.15) is 0 Å². The number of hydrogen-bond acceptors (Lipinski definition) is 2. The predicted molar refractivity (Wildman–Crippen MR) is 89.3 cm³/mol. The number of carbonyl (C=O) groups excluding carboxylic acids is 1. The van der Waals surface area contributed by atoms with Gasteiger partial charge in [0.05, 0.1) is 16.7 Å². The number of aryl methyl sites for hydroxylation is 2. The first-order valence-electron chi connectivity index (χ1n) is 7.27. The van der Waals surface area contributed by atoms with Crippen molar-refractivity contribution in [3.05, 3.63) is 69.7 Å². The molecule has 3 nitrogen and oxygen atoms in total. The third-order valence-electron chi connectivity index (χ3n) is 3.72. The van der Waals surface area contributed by atoms with Gasteiger partial charge in [0.2, 0.25) is 0 Å². The van der Waals surface area contributed by atoms with E-state index in [1.165, 1.54) is 0 Å². The molecule has 1 atom stereocenters. The summed E-state index contributed by atoms with van der Waals surface area (Å²) in [5.41, 5.74) is 3.40. The van der Waals surface area contributed by atoms with E-state index < -0.39 is 6.10 Å². The normalized spacial score (nSPS) is 12.0. The van der Waals surface area contributed by atoms with Gasteiger partial charge in [0.1, 0.15) is 0 Å². The molecule has 1 unspecified atom stereocenters. The highest BCUT2D eigenvalue weighted by Crippen LogP contribution is 2.21.